The van der Waals surface area contributed by atoms with Crippen LogP contribution in [0.1, 0.15) is 41.5 Å². The average molecular weight is 414 g/mol. The number of aliphatic hydroxyl groups excluding tert-OH is 1. The van der Waals surface area contributed by atoms with Crippen molar-refractivity contribution >= 4 is 11.9 Å². The fourth-order valence-electron chi connectivity index (χ4n) is 3.20. The third-order valence-corrected chi connectivity index (χ3v) is 4.66. The predicted molar refractivity (Wildman–Crippen MR) is 108 cm³/mol. The summed E-state index contributed by atoms with van der Waals surface area (Å²) in [6.45, 7) is 5.27. The lowest BCUT2D eigenvalue weighted by Crippen LogP contribution is -2.60. The maximum absolute atomic E-state index is 12.6. The van der Waals surface area contributed by atoms with Gasteiger partial charge in [0.05, 0.1) is 23.3 Å². The minimum absolute atomic E-state index is 0.231. The van der Waals surface area contributed by atoms with Crippen LogP contribution in [0.3, 0.4) is 0 Å². The molecular weight excluding hydrogens is 388 g/mol. The summed E-state index contributed by atoms with van der Waals surface area (Å²) in [7, 11) is 0. The van der Waals surface area contributed by atoms with Crippen molar-refractivity contribution in [1.29, 1.82) is 0 Å². The lowest BCUT2D eigenvalue weighted by Gasteiger charge is -2.42. The summed E-state index contributed by atoms with van der Waals surface area (Å²) in [5.41, 5.74) is 0.659. The Morgan fingerprint density at radius 2 is 1.33 bits per heavy atom. The number of hydrogen-bond donors (Lipinski definition) is 1. The third kappa shape index (κ3) is 5.24. The Morgan fingerprint density at radius 3 is 1.80 bits per heavy atom. The molecule has 0 aromatic heterocycles. The molecule has 7 nitrogen and oxygen atoms in total. The molecule has 0 aliphatic carbocycles. The van der Waals surface area contributed by atoms with Crippen molar-refractivity contribution in [3.05, 3.63) is 71.8 Å². The van der Waals surface area contributed by atoms with E-state index in [-0.39, 0.29) is 6.10 Å². The highest BCUT2D eigenvalue weighted by atomic mass is 16.7. The van der Waals surface area contributed by atoms with E-state index in [0.717, 1.165) is 0 Å². The first kappa shape index (κ1) is 22.0. The molecule has 1 fully saturated rings. The van der Waals surface area contributed by atoms with E-state index in [1.165, 1.54) is 0 Å². The van der Waals surface area contributed by atoms with Crippen molar-refractivity contribution in [2.24, 2.45) is 0 Å². The van der Waals surface area contributed by atoms with Gasteiger partial charge in [-0.2, -0.15) is 0 Å². The number of aliphatic hydroxyl groups is 1. The van der Waals surface area contributed by atoms with Crippen LogP contribution in [-0.4, -0.2) is 53.9 Å². The van der Waals surface area contributed by atoms with Gasteiger partial charge in [0.1, 0.15) is 6.10 Å². The Kier molecular flexibility index (Phi) is 7.20. The molecule has 1 heterocycles. The second-order valence-corrected chi connectivity index (χ2v) is 7.36. The van der Waals surface area contributed by atoms with Gasteiger partial charge in [-0.1, -0.05) is 36.4 Å². The standard InChI is InChI=1S/C23H26O7/c1-14(2)27-23-18(24)20(30-22(26)17-12-8-5-9-13-17)19(15(3)28-23)29-21(25)16-10-6-4-7-11-16/h4-15,18-20,23-24H,1-3H3/t15-,18+,19-,20-,23-/m0/s1. The van der Waals surface area contributed by atoms with Crippen LogP contribution in [0.15, 0.2) is 60.7 Å². The summed E-state index contributed by atoms with van der Waals surface area (Å²) in [6, 6.07) is 16.8. The monoisotopic (exact) mass is 414 g/mol. The van der Waals surface area contributed by atoms with E-state index < -0.39 is 42.6 Å². The SMILES string of the molecule is CC(C)O[C@H]1O[C@@H](C)[C@H](OC(=O)c2ccccc2)[C@@H](OC(=O)c2ccccc2)[C@H]1O. The minimum atomic E-state index is -1.34. The zero-order chi connectivity index (χ0) is 21.7. The number of carbonyl (C=O) groups excluding carboxylic acids is 2. The third-order valence-electron chi connectivity index (χ3n) is 4.66. The first-order chi connectivity index (χ1) is 14.4. The molecule has 0 unspecified atom stereocenters. The molecule has 0 saturated carbocycles. The number of benzene rings is 2. The van der Waals surface area contributed by atoms with Crippen LogP contribution in [0, 0.1) is 0 Å². The van der Waals surface area contributed by atoms with Gasteiger partial charge in [0.15, 0.2) is 18.5 Å². The molecule has 7 heteroatoms. The van der Waals surface area contributed by atoms with Crippen molar-refractivity contribution in [2.75, 3.05) is 0 Å². The molecule has 0 bridgehead atoms. The molecule has 1 aliphatic heterocycles. The molecule has 3 rings (SSSR count). The highest BCUT2D eigenvalue weighted by Gasteiger charge is 2.49. The van der Waals surface area contributed by atoms with Crippen LogP contribution in [0.2, 0.25) is 0 Å². The Bertz CT molecular complexity index is 837. The minimum Gasteiger partial charge on any atom is -0.452 e. The first-order valence-electron chi connectivity index (χ1n) is 9.88. The summed E-state index contributed by atoms with van der Waals surface area (Å²) in [5.74, 6) is -1.25. The van der Waals surface area contributed by atoms with Gasteiger partial charge in [0, 0.05) is 0 Å². The van der Waals surface area contributed by atoms with E-state index in [1.54, 1.807) is 81.4 Å². The van der Waals surface area contributed by atoms with Crippen molar-refractivity contribution < 1.29 is 33.6 Å². The van der Waals surface area contributed by atoms with Crippen LogP contribution in [0.5, 0.6) is 0 Å². The Labute approximate surface area is 175 Å². The first-order valence-corrected chi connectivity index (χ1v) is 9.88. The molecule has 2 aromatic carbocycles. The van der Waals surface area contributed by atoms with Gasteiger partial charge >= 0.3 is 11.9 Å². The smallest absolute Gasteiger partial charge is 0.338 e. The van der Waals surface area contributed by atoms with Crippen molar-refractivity contribution in [2.45, 2.75) is 57.6 Å². The van der Waals surface area contributed by atoms with Crippen LogP contribution < -0.4 is 0 Å². The molecule has 2 aromatic rings. The second-order valence-electron chi connectivity index (χ2n) is 7.36. The molecule has 1 N–H and O–H groups in total. The van der Waals surface area contributed by atoms with Gasteiger partial charge in [0.2, 0.25) is 0 Å². The van der Waals surface area contributed by atoms with E-state index >= 15 is 0 Å². The molecule has 0 amide bonds. The van der Waals surface area contributed by atoms with Crippen LogP contribution in [0.25, 0.3) is 0 Å². The van der Waals surface area contributed by atoms with Gasteiger partial charge in [0.25, 0.3) is 0 Å². The number of carbonyl (C=O) groups is 2. The fraction of sp³-hybridized carbons (Fsp3) is 0.391. The van der Waals surface area contributed by atoms with Crippen LogP contribution in [0.4, 0.5) is 0 Å². The molecule has 160 valence electrons. The molecule has 30 heavy (non-hydrogen) atoms. The van der Waals surface area contributed by atoms with E-state index in [0.29, 0.717) is 11.1 Å². The molecule has 5 atom stereocenters. The number of ether oxygens (including phenoxy) is 4. The van der Waals surface area contributed by atoms with Gasteiger partial charge in [-0.15, -0.1) is 0 Å². The number of hydrogen-bond acceptors (Lipinski definition) is 7. The van der Waals surface area contributed by atoms with Crippen LogP contribution >= 0.6 is 0 Å². The topological polar surface area (TPSA) is 91.3 Å². The normalized spacial score (nSPS) is 26.2. The largest absolute Gasteiger partial charge is 0.452 e. The zero-order valence-electron chi connectivity index (χ0n) is 17.1. The highest BCUT2D eigenvalue weighted by Crippen LogP contribution is 2.28. The van der Waals surface area contributed by atoms with E-state index in [1.807, 2.05) is 0 Å². The summed E-state index contributed by atoms with van der Waals surface area (Å²) < 4.78 is 22.6. The summed E-state index contributed by atoms with van der Waals surface area (Å²) in [6.07, 6.45) is -5.47. The maximum atomic E-state index is 12.6. The lowest BCUT2D eigenvalue weighted by molar-refractivity contribution is -0.299. The molecule has 1 aliphatic rings. The van der Waals surface area contributed by atoms with E-state index in [4.69, 9.17) is 18.9 Å². The Morgan fingerprint density at radius 1 is 0.867 bits per heavy atom. The molecule has 1 saturated heterocycles. The summed E-state index contributed by atoms with van der Waals surface area (Å²) in [5, 5.41) is 10.8. The lowest BCUT2D eigenvalue weighted by atomic mass is 9.98. The number of rotatable bonds is 6. The maximum Gasteiger partial charge on any atom is 0.338 e. The van der Waals surface area contributed by atoms with Crippen molar-refractivity contribution in [3.8, 4) is 0 Å². The molecule has 0 spiro atoms. The highest BCUT2D eigenvalue weighted by molar-refractivity contribution is 5.90. The second kappa shape index (κ2) is 9.84. The van der Waals surface area contributed by atoms with Crippen molar-refractivity contribution in [3.63, 3.8) is 0 Å². The van der Waals surface area contributed by atoms with Gasteiger partial charge in [-0.3, -0.25) is 0 Å². The van der Waals surface area contributed by atoms with Gasteiger partial charge < -0.3 is 24.1 Å². The number of esters is 2. The van der Waals surface area contributed by atoms with Crippen LogP contribution in [-0.2, 0) is 18.9 Å². The Hall–Kier alpha value is -2.74. The van der Waals surface area contributed by atoms with E-state index in [9.17, 15) is 14.7 Å². The fourth-order valence-corrected chi connectivity index (χ4v) is 3.20. The predicted octanol–water partition coefficient (Wildman–Crippen LogP) is 2.97. The zero-order valence-corrected chi connectivity index (χ0v) is 17.1. The summed E-state index contributed by atoms with van der Waals surface area (Å²) in [4.78, 5) is 25.2. The average Bonchev–Trinajstić information content (AvgIpc) is 2.74. The van der Waals surface area contributed by atoms with E-state index in [2.05, 4.69) is 0 Å². The molecular formula is C23H26O7. The van der Waals surface area contributed by atoms with Crippen molar-refractivity contribution in [1.82, 2.24) is 0 Å². The Balaban J connectivity index is 1.83. The van der Waals surface area contributed by atoms with Gasteiger partial charge in [-0.05, 0) is 45.0 Å². The molecule has 0 radical (unpaired) electrons. The summed E-state index contributed by atoms with van der Waals surface area (Å²) >= 11 is 0. The quantitative estimate of drug-likeness (QED) is 0.727. The van der Waals surface area contributed by atoms with Gasteiger partial charge in [-0.25, -0.2) is 9.59 Å².